The first-order valence-electron chi connectivity index (χ1n) is 12.7. The Morgan fingerprint density at radius 1 is 1.24 bits per heavy atom. The third-order valence-electron chi connectivity index (χ3n) is 8.28. The zero-order valence-corrected chi connectivity index (χ0v) is 21.4. The number of hydrogen-bond donors (Lipinski definition) is 1. The molecule has 1 amide bonds. The number of sulfonamides is 1. The number of hydroxylamine groups is 3. The van der Waals surface area contributed by atoms with E-state index in [1.54, 1.807) is 25.3 Å². The van der Waals surface area contributed by atoms with Crippen molar-refractivity contribution in [3.05, 3.63) is 70.4 Å². The van der Waals surface area contributed by atoms with Crippen LogP contribution in [0.25, 0.3) is 0 Å². The van der Waals surface area contributed by atoms with Crippen LogP contribution in [0.1, 0.15) is 47.2 Å². The molecule has 3 heterocycles. The number of aliphatic hydroxyl groups excluding tert-OH is 1. The molecule has 0 saturated heterocycles. The summed E-state index contributed by atoms with van der Waals surface area (Å²) in [5, 5.41) is 24.3. The van der Waals surface area contributed by atoms with Gasteiger partial charge in [0, 0.05) is 30.5 Å². The Hall–Kier alpha value is -2.92. The quantitative estimate of drug-likeness (QED) is 0.266. The van der Waals surface area contributed by atoms with Gasteiger partial charge in [0.15, 0.2) is 11.5 Å². The van der Waals surface area contributed by atoms with Crippen molar-refractivity contribution in [1.29, 1.82) is 0 Å². The van der Waals surface area contributed by atoms with Gasteiger partial charge in [-0.3, -0.25) is 4.79 Å². The monoisotopic (exact) mass is 526 g/mol. The minimum absolute atomic E-state index is 0.0462. The van der Waals surface area contributed by atoms with E-state index < -0.39 is 32.1 Å². The molecule has 3 aliphatic heterocycles. The van der Waals surface area contributed by atoms with E-state index in [1.807, 2.05) is 18.2 Å². The highest BCUT2D eigenvalue weighted by Gasteiger charge is 2.54. The van der Waals surface area contributed by atoms with E-state index in [1.165, 1.54) is 12.1 Å². The van der Waals surface area contributed by atoms with Gasteiger partial charge < -0.3 is 24.4 Å². The lowest BCUT2D eigenvalue weighted by Crippen LogP contribution is -2.46. The van der Waals surface area contributed by atoms with E-state index in [0.29, 0.717) is 50.3 Å². The number of fused-ring (bicyclic) bond motifs is 1. The number of quaternary nitrogens is 1. The number of amides is 1. The third kappa shape index (κ3) is 3.69. The van der Waals surface area contributed by atoms with Crippen molar-refractivity contribution in [3.63, 3.8) is 0 Å². The van der Waals surface area contributed by atoms with Gasteiger partial charge in [0.1, 0.15) is 17.5 Å². The first kappa shape index (κ1) is 24.4. The number of unbranched alkanes of at least 4 members (excludes halogenated alkanes) is 1. The van der Waals surface area contributed by atoms with E-state index in [9.17, 15) is 23.5 Å². The highest BCUT2D eigenvalue weighted by Crippen LogP contribution is 2.56. The predicted octanol–water partition coefficient (Wildman–Crippen LogP) is 2.86. The first-order chi connectivity index (χ1) is 17.7. The van der Waals surface area contributed by atoms with Gasteiger partial charge in [0.2, 0.25) is 0 Å². The fourth-order valence-corrected chi connectivity index (χ4v) is 8.02. The largest absolute Gasteiger partial charge is 0.633 e. The lowest BCUT2D eigenvalue weighted by Gasteiger charge is -2.43. The van der Waals surface area contributed by atoms with Crippen molar-refractivity contribution >= 4 is 15.9 Å². The van der Waals surface area contributed by atoms with Crippen LogP contribution in [0.4, 0.5) is 0 Å². The minimum Gasteiger partial charge on any atom is -0.633 e. The summed E-state index contributed by atoms with van der Waals surface area (Å²) in [6.45, 7) is 0.994. The zero-order valence-electron chi connectivity index (χ0n) is 20.6. The summed E-state index contributed by atoms with van der Waals surface area (Å²) in [5.41, 5.74) is 1.62. The summed E-state index contributed by atoms with van der Waals surface area (Å²) in [6.07, 6.45) is 4.87. The van der Waals surface area contributed by atoms with Crippen molar-refractivity contribution in [2.75, 3.05) is 26.7 Å². The summed E-state index contributed by atoms with van der Waals surface area (Å²) in [6, 6.07) is 10.0. The Balaban J connectivity index is 1.19. The second kappa shape index (κ2) is 8.56. The maximum absolute atomic E-state index is 14.0. The molecule has 196 valence electrons. The standard InChI is InChI=1S/C27H30N2O7S/c1-35-21-9-8-18-17-29(32,15-12-27-11-10-19(30)16-23(27)36-25(21)24(18)27)14-5-4-13-28-26(31)20-6-2-3-7-22(20)37(28,33)34/h2-3,6-11,19,23,30H,4-5,12-17H2,1H3/t19-,23?,27?,29?/m0/s1. The molecule has 0 fully saturated rings. The Morgan fingerprint density at radius 3 is 2.84 bits per heavy atom. The number of methoxy groups -OCH3 is 1. The minimum atomic E-state index is -3.84. The van der Waals surface area contributed by atoms with Crippen LogP contribution in [0, 0.1) is 5.21 Å². The summed E-state index contributed by atoms with van der Waals surface area (Å²) >= 11 is 0. The molecule has 2 aromatic rings. The third-order valence-corrected chi connectivity index (χ3v) is 10.1. The molecule has 9 nitrogen and oxygen atoms in total. The van der Waals surface area contributed by atoms with Crippen LogP contribution >= 0.6 is 0 Å². The van der Waals surface area contributed by atoms with Gasteiger partial charge >= 0.3 is 0 Å². The van der Waals surface area contributed by atoms with Gasteiger partial charge in [-0.15, -0.1) is 0 Å². The zero-order chi connectivity index (χ0) is 26.0. The number of hydrogen-bond acceptors (Lipinski definition) is 7. The van der Waals surface area contributed by atoms with Crippen LogP contribution in [0.5, 0.6) is 11.5 Å². The van der Waals surface area contributed by atoms with E-state index in [0.717, 1.165) is 15.4 Å². The number of carbonyl (C=O) groups excluding carboxylic acids is 1. The lowest BCUT2D eigenvalue weighted by molar-refractivity contribution is -0.894. The second-order valence-electron chi connectivity index (χ2n) is 10.4. The average Bonchev–Trinajstić information content (AvgIpc) is 3.25. The molecular formula is C27H30N2O7S. The van der Waals surface area contributed by atoms with E-state index in [-0.39, 0.29) is 29.7 Å². The van der Waals surface area contributed by atoms with Gasteiger partial charge in [-0.05, 0) is 37.1 Å². The van der Waals surface area contributed by atoms with Gasteiger partial charge in [-0.1, -0.05) is 24.3 Å². The molecule has 0 bridgehead atoms. The predicted molar refractivity (Wildman–Crippen MR) is 134 cm³/mol. The Bertz CT molecular complexity index is 1410. The van der Waals surface area contributed by atoms with Crippen LogP contribution in [0.2, 0.25) is 0 Å². The highest BCUT2D eigenvalue weighted by molar-refractivity contribution is 7.90. The summed E-state index contributed by atoms with van der Waals surface area (Å²) in [5.74, 6) is 0.779. The number of rotatable bonds is 6. The van der Waals surface area contributed by atoms with Crippen molar-refractivity contribution in [1.82, 2.24) is 4.31 Å². The SMILES string of the molecule is COc1ccc2c3c1OC1C[C@@H](O)C=CC31CC[N+]([O-])(CCCCN1C(=O)c3ccccc3S1(=O)=O)C2. The van der Waals surface area contributed by atoms with Gasteiger partial charge in [0.05, 0.1) is 37.3 Å². The summed E-state index contributed by atoms with van der Waals surface area (Å²) in [4.78, 5) is 12.7. The number of aliphatic hydroxyl groups is 1. The molecule has 0 radical (unpaired) electrons. The van der Waals surface area contributed by atoms with Gasteiger partial charge in [-0.2, -0.15) is 0 Å². The maximum Gasteiger partial charge on any atom is 0.269 e. The van der Waals surface area contributed by atoms with Crippen LogP contribution < -0.4 is 9.47 Å². The van der Waals surface area contributed by atoms with Crippen LogP contribution in [0.15, 0.2) is 53.4 Å². The molecule has 4 atom stereocenters. The van der Waals surface area contributed by atoms with Crippen molar-refractivity contribution < 1.29 is 32.4 Å². The molecule has 10 heteroatoms. The molecule has 2 aromatic carbocycles. The number of nitrogens with zero attached hydrogens (tertiary/aromatic N) is 2. The Morgan fingerprint density at radius 2 is 2.05 bits per heavy atom. The first-order valence-corrected chi connectivity index (χ1v) is 14.1. The van der Waals surface area contributed by atoms with Crippen molar-refractivity contribution in [3.8, 4) is 11.5 Å². The van der Waals surface area contributed by atoms with Crippen molar-refractivity contribution in [2.24, 2.45) is 0 Å². The van der Waals surface area contributed by atoms with Gasteiger partial charge in [-0.25, -0.2) is 12.7 Å². The fraction of sp³-hybridized carbons (Fsp3) is 0.444. The smallest absolute Gasteiger partial charge is 0.269 e. The molecule has 6 rings (SSSR count). The van der Waals surface area contributed by atoms with E-state index in [2.05, 4.69) is 0 Å². The Labute approximate surface area is 216 Å². The van der Waals surface area contributed by atoms with Crippen LogP contribution in [-0.4, -0.2) is 67.3 Å². The van der Waals surface area contributed by atoms with Gasteiger partial charge in [0.25, 0.3) is 15.9 Å². The van der Waals surface area contributed by atoms with Crippen LogP contribution in [0.3, 0.4) is 0 Å². The molecule has 1 spiro atoms. The highest BCUT2D eigenvalue weighted by atomic mass is 32.2. The summed E-state index contributed by atoms with van der Waals surface area (Å²) < 4.78 is 38.0. The molecule has 1 N–H and O–H groups in total. The maximum atomic E-state index is 14.0. The second-order valence-corrected chi connectivity index (χ2v) is 12.3. The molecule has 37 heavy (non-hydrogen) atoms. The van der Waals surface area contributed by atoms with E-state index in [4.69, 9.17) is 9.47 Å². The van der Waals surface area contributed by atoms with Crippen molar-refractivity contribution in [2.45, 2.75) is 54.7 Å². The number of ether oxygens (including phenoxy) is 2. The number of benzene rings is 2. The molecule has 3 unspecified atom stereocenters. The van der Waals surface area contributed by atoms with E-state index >= 15 is 0 Å². The Kier molecular flexibility index (Phi) is 5.65. The molecule has 0 aromatic heterocycles. The average molecular weight is 527 g/mol. The molecule has 1 aliphatic carbocycles. The number of carbonyl (C=O) groups is 1. The fourth-order valence-electron chi connectivity index (χ4n) is 6.41. The molecule has 4 aliphatic rings. The summed E-state index contributed by atoms with van der Waals surface area (Å²) in [7, 11) is -2.25. The normalized spacial score (nSPS) is 30.8. The van der Waals surface area contributed by atoms with Crippen LogP contribution in [-0.2, 0) is 22.0 Å². The molecular weight excluding hydrogens is 496 g/mol. The molecule has 0 saturated carbocycles. The lowest BCUT2D eigenvalue weighted by atomic mass is 9.69. The topological polar surface area (TPSA) is 116 Å².